The molecule has 34 heavy (non-hydrogen) atoms. The number of nitrogens with zero attached hydrogens (tertiary/aromatic N) is 1. The van der Waals surface area contributed by atoms with Crippen LogP contribution in [-0.4, -0.2) is 29.5 Å². The number of nitrogens with one attached hydrogen (secondary N) is 2. The van der Waals surface area contributed by atoms with Gasteiger partial charge >= 0.3 is 5.97 Å². The van der Waals surface area contributed by atoms with Gasteiger partial charge in [0.2, 0.25) is 11.8 Å². The van der Waals surface area contributed by atoms with E-state index in [2.05, 4.69) is 10.6 Å². The predicted octanol–water partition coefficient (Wildman–Crippen LogP) is 3.39. The first-order valence-corrected chi connectivity index (χ1v) is 10.6. The smallest absolute Gasteiger partial charge is 0.322 e. The van der Waals surface area contributed by atoms with Crippen LogP contribution in [-0.2, 0) is 19.1 Å². The summed E-state index contributed by atoms with van der Waals surface area (Å²) in [5, 5.41) is 5.50. The maximum Gasteiger partial charge on any atom is 0.322 e. The number of ether oxygens (including phenoxy) is 1. The summed E-state index contributed by atoms with van der Waals surface area (Å²) < 4.78 is 20.8. The van der Waals surface area contributed by atoms with Crippen molar-refractivity contribution in [3.05, 3.63) is 88.1 Å². The van der Waals surface area contributed by atoms with Crippen LogP contribution in [0.2, 0.25) is 5.02 Å². The molecule has 2 aromatic carbocycles. The van der Waals surface area contributed by atoms with Gasteiger partial charge in [-0.15, -0.1) is 0 Å². The summed E-state index contributed by atoms with van der Waals surface area (Å²) in [5.41, 5.74) is -1.64. The van der Waals surface area contributed by atoms with Crippen LogP contribution in [0.5, 0.6) is 0 Å². The number of rotatable bonds is 6. The van der Waals surface area contributed by atoms with E-state index in [1.807, 2.05) is 0 Å². The van der Waals surface area contributed by atoms with Gasteiger partial charge in [0.1, 0.15) is 5.82 Å². The lowest BCUT2D eigenvalue weighted by Crippen LogP contribution is -2.37. The van der Waals surface area contributed by atoms with Crippen LogP contribution in [0.3, 0.4) is 0 Å². The molecule has 0 saturated heterocycles. The number of anilines is 2. The Morgan fingerprint density at radius 1 is 1.09 bits per heavy atom. The van der Waals surface area contributed by atoms with E-state index in [-0.39, 0.29) is 23.4 Å². The molecule has 0 spiro atoms. The summed E-state index contributed by atoms with van der Waals surface area (Å²) >= 11 is 5.84. The van der Waals surface area contributed by atoms with Crippen LogP contribution in [0.15, 0.2) is 71.7 Å². The first-order chi connectivity index (χ1) is 16.3. The van der Waals surface area contributed by atoms with Crippen LogP contribution < -0.4 is 16.2 Å². The van der Waals surface area contributed by atoms with Crippen molar-refractivity contribution in [1.82, 2.24) is 4.57 Å². The normalized spacial score (nSPS) is 18.6. The molecule has 3 aromatic rings. The van der Waals surface area contributed by atoms with Gasteiger partial charge in [-0.25, -0.2) is 4.39 Å². The molecule has 1 heterocycles. The molecule has 8 nitrogen and oxygen atoms in total. The van der Waals surface area contributed by atoms with Crippen molar-refractivity contribution in [2.45, 2.75) is 6.42 Å². The average molecular weight is 484 g/mol. The number of hydrogen-bond donors (Lipinski definition) is 2. The van der Waals surface area contributed by atoms with Crippen LogP contribution in [0.4, 0.5) is 15.8 Å². The second kappa shape index (κ2) is 9.11. The van der Waals surface area contributed by atoms with Crippen molar-refractivity contribution >= 4 is 40.8 Å². The number of carbonyl (C=O) groups is 3. The zero-order valence-electron chi connectivity index (χ0n) is 17.9. The second-order valence-corrected chi connectivity index (χ2v) is 8.18. The van der Waals surface area contributed by atoms with Crippen LogP contribution in [0.1, 0.15) is 6.42 Å². The Labute approximate surface area is 198 Å². The number of benzene rings is 2. The molecule has 1 fully saturated rings. The fraction of sp³-hybridized carbons (Fsp3) is 0.167. The summed E-state index contributed by atoms with van der Waals surface area (Å²) in [6, 6.07) is 14.6. The number of esters is 1. The molecular weight excluding hydrogens is 465 g/mol. The van der Waals surface area contributed by atoms with Crippen molar-refractivity contribution < 1.29 is 23.5 Å². The summed E-state index contributed by atoms with van der Waals surface area (Å²) in [7, 11) is 1.11. The van der Waals surface area contributed by atoms with E-state index >= 15 is 0 Å². The minimum atomic E-state index is -1.78. The number of amides is 2. The quantitative estimate of drug-likeness (QED) is 0.413. The maximum absolute atomic E-state index is 14.8. The SMILES string of the molecule is COC(=O)C1(C(=O)Nc2ccc(-n3ccccc3=O)cc2F)CC1C(=O)Nc1ccc(Cl)cc1. The second-order valence-electron chi connectivity index (χ2n) is 7.74. The van der Waals surface area contributed by atoms with Gasteiger partial charge in [-0.3, -0.25) is 23.7 Å². The summed E-state index contributed by atoms with van der Waals surface area (Å²) in [4.78, 5) is 50.2. The molecular formula is C24H19ClFN3O5. The van der Waals surface area contributed by atoms with Gasteiger partial charge in [0.25, 0.3) is 5.56 Å². The van der Waals surface area contributed by atoms with Gasteiger partial charge in [0.15, 0.2) is 5.41 Å². The fourth-order valence-corrected chi connectivity index (χ4v) is 3.85. The Hall–Kier alpha value is -3.98. The lowest BCUT2D eigenvalue weighted by molar-refractivity contribution is -0.152. The Balaban J connectivity index is 1.53. The van der Waals surface area contributed by atoms with E-state index in [1.165, 1.54) is 29.0 Å². The molecule has 2 amide bonds. The molecule has 2 N–H and O–H groups in total. The third-order valence-electron chi connectivity index (χ3n) is 5.65. The highest BCUT2D eigenvalue weighted by molar-refractivity contribution is 6.30. The van der Waals surface area contributed by atoms with Crippen molar-refractivity contribution in [2.24, 2.45) is 11.3 Å². The molecule has 0 radical (unpaired) electrons. The van der Waals surface area contributed by atoms with Gasteiger partial charge in [0.05, 0.1) is 24.4 Å². The molecule has 0 bridgehead atoms. The van der Waals surface area contributed by atoms with Crippen LogP contribution >= 0.6 is 11.6 Å². The zero-order chi connectivity index (χ0) is 24.5. The third-order valence-corrected chi connectivity index (χ3v) is 5.90. The number of halogens is 2. The minimum Gasteiger partial charge on any atom is -0.468 e. The molecule has 174 valence electrons. The number of pyridine rings is 1. The predicted molar refractivity (Wildman–Crippen MR) is 123 cm³/mol. The van der Waals surface area contributed by atoms with Crippen molar-refractivity contribution in [2.75, 3.05) is 17.7 Å². The number of hydrogen-bond acceptors (Lipinski definition) is 5. The van der Waals surface area contributed by atoms with Gasteiger partial charge in [-0.2, -0.15) is 0 Å². The molecule has 1 aliphatic rings. The van der Waals surface area contributed by atoms with Crippen molar-refractivity contribution in [3.63, 3.8) is 0 Å². The lowest BCUT2D eigenvalue weighted by atomic mass is 10.0. The highest BCUT2D eigenvalue weighted by Crippen LogP contribution is 2.54. The van der Waals surface area contributed by atoms with E-state index < -0.39 is 34.9 Å². The molecule has 4 rings (SSSR count). The zero-order valence-corrected chi connectivity index (χ0v) is 18.6. The van der Waals surface area contributed by atoms with E-state index in [9.17, 15) is 23.6 Å². The number of methoxy groups -OCH3 is 1. The summed E-state index contributed by atoms with van der Waals surface area (Å²) in [6.07, 6.45) is 1.39. The van der Waals surface area contributed by atoms with Gasteiger partial charge in [0, 0.05) is 29.0 Å². The molecule has 2 atom stereocenters. The largest absolute Gasteiger partial charge is 0.468 e. The molecule has 1 saturated carbocycles. The Morgan fingerprint density at radius 2 is 1.82 bits per heavy atom. The van der Waals surface area contributed by atoms with Crippen molar-refractivity contribution in [3.8, 4) is 5.69 Å². The highest BCUT2D eigenvalue weighted by Gasteiger charge is 2.70. The topological polar surface area (TPSA) is 106 Å². The van der Waals surface area contributed by atoms with Crippen LogP contribution in [0, 0.1) is 17.2 Å². The summed E-state index contributed by atoms with van der Waals surface area (Å²) in [6.45, 7) is 0. The fourth-order valence-electron chi connectivity index (χ4n) is 3.72. The maximum atomic E-state index is 14.8. The Bertz CT molecular complexity index is 1340. The molecule has 0 aliphatic heterocycles. The standard InChI is InChI=1S/C24H19ClFN3O5/c1-34-23(33)24(13-17(24)21(31)27-15-7-5-14(25)6-8-15)22(32)28-19-10-9-16(12-18(19)26)29-11-3-2-4-20(29)30/h2-12,17H,13H2,1H3,(H,27,31)(H,28,32). The van der Waals surface area contributed by atoms with E-state index in [1.54, 1.807) is 36.4 Å². The average Bonchev–Trinajstić information content (AvgIpc) is 3.59. The molecule has 1 aromatic heterocycles. The Kier molecular flexibility index (Phi) is 6.21. The van der Waals surface area contributed by atoms with Gasteiger partial charge < -0.3 is 15.4 Å². The first kappa shape index (κ1) is 23.2. The monoisotopic (exact) mass is 483 g/mol. The molecule has 2 unspecified atom stereocenters. The van der Waals surface area contributed by atoms with E-state index in [0.717, 1.165) is 13.2 Å². The third kappa shape index (κ3) is 4.29. The van der Waals surface area contributed by atoms with E-state index in [0.29, 0.717) is 10.7 Å². The number of aromatic nitrogens is 1. The number of carbonyl (C=O) groups excluding carboxylic acids is 3. The summed E-state index contributed by atoms with van der Waals surface area (Å²) in [5.74, 6) is -4.12. The van der Waals surface area contributed by atoms with Crippen molar-refractivity contribution in [1.29, 1.82) is 0 Å². The highest BCUT2D eigenvalue weighted by atomic mass is 35.5. The van der Waals surface area contributed by atoms with E-state index in [4.69, 9.17) is 16.3 Å². The molecule has 1 aliphatic carbocycles. The Morgan fingerprint density at radius 3 is 2.47 bits per heavy atom. The van der Waals surface area contributed by atoms with Gasteiger partial charge in [-0.05, 0) is 48.9 Å². The lowest BCUT2D eigenvalue weighted by Gasteiger charge is -2.16. The minimum absolute atomic E-state index is 0.0932. The first-order valence-electron chi connectivity index (χ1n) is 10.2. The van der Waals surface area contributed by atoms with Gasteiger partial charge in [-0.1, -0.05) is 17.7 Å². The molecule has 10 heteroatoms. The van der Waals surface area contributed by atoms with Crippen LogP contribution in [0.25, 0.3) is 5.69 Å².